The molecule has 1 aliphatic heterocycles. The van der Waals surface area contributed by atoms with Crippen LogP contribution in [0.4, 0.5) is 0 Å². The van der Waals surface area contributed by atoms with E-state index in [1.165, 1.54) is 4.70 Å². The van der Waals surface area contributed by atoms with Gasteiger partial charge < -0.3 is 9.64 Å². The number of hydrogen-bond acceptors (Lipinski definition) is 5. The fourth-order valence-corrected chi connectivity index (χ4v) is 3.98. The molecule has 6 heteroatoms. The first-order valence-corrected chi connectivity index (χ1v) is 9.71. The minimum absolute atomic E-state index is 0.0774. The molecule has 1 saturated heterocycles. The second-order valence-corrected chi connectivity index (χ2v) is 7.77. The second kappa shape index (κ2) is 8.43. The van der Waals surface area contributed by atoms with Crippen molar-refractivity contribution in [1.82, 2.24) is 9.88 Å². The molecular weight excluding hydrogens is 336 g/mol. The standard InChI is InChI=1S/C19H24N2O3S/c1-14-9-11-21(12-10-14)18(22)13-24-19(23)8-4-7-17-20-15-5-2-3-6-16(15)25-17/h2-3,5-6,14H,4,7-13H2,1H3. The maximum absolute atomic E-state index is 12.0. The minimum Gasteiger partial charge on any atom is -0.456 e. The van der Waals surface area contributed by atoms with Gasteiger partial charge in [-0.1, -0.05) is 19.1 Å². The number of benzene rings is 1. The first kappa shape index (κ1) is 17.9. The first-order chi connectivity index (χ1) is 12.1. The lowest BCUT2D eigenvalue weighted by Gasteiger charge is -2.30. The Labute approximate surface area is 152 Å². The Balaban J connectivity index is 1.36. The van der Waals surface area contributed by atoms with Gasteiger partial charge in [-0.15, -0.1) is 11.3 Å². The number of esters is 1. The molecule has 0 bridgehead atoms. The minimum atomic E-state index is -0.306. The molecule has 1 aromatic carbocycles. The number of aromatic nitrogens is 1. The average Bonchev–Trinajstić information content (AvgIpc) is 3.03. The molecule has 0 radical (unpaired) electrons. The Bertz CT molecular complexity index is 702. The number of thiazole rings is 1. The summed E-state index contributed by atoms with van der Waals surface area (Å²) in [6.07, 6.45) is 3.82. The van der Waals surface area contributed by atoms with Gasteiger partial charge in [0.15, 0.2) is 6.61 Å². The number of amides is 1. The van der Waals surface area contributed by atoms with Crippen LogP contribution in [0.5, 0.6) is 0 Å². The Kier molecular flexibility index (Phi) is 6.02. The molecule has 0 atom stereocenters. The predicted molar refractivity (Wildman–Crippen MR) is 98.5 cm³/mol. The molecule has 0 unspecified atom stereocenters. The molecule has 0 aliphatic carbocycles. The topological polar surface area (TPSA) is 59.5 Å². The molecule has 1 aliphatic rings. The Hall–Kier alpha value is -1.95. The maximum Gasteiger partial charge on any atom is 0.306 e. The predicted octanol–water partition coefficient (Wildman–Crippen LogP) is 3.42. The van der Waals surface area contributed by atoms with Crippen molar-refractivity contribution in [2.75, 3.05) is 19.7 Å². The van der Waals surface area contributed by atoms with Gasteiger partial charge in [-0.3, -0.25) is 9.59 Å². The number of aryl methyl sites for hydroxylation is 1. The van der Waals surface area contributed by atoms with E-state index >= 15 is 0 Å². The highest BCUT2D eigenvalue weighted by molar-refractivity contribution is 7.18. The van der Waals surface area contributed by atoms with Crippen molar-refractivity contribution in [3.63, 3.8) is 0 Å². The van der Waals surface area contributed by atoms with Crippen LogP contribution in [0.25, 0.3) is 10.2 Å². The molecule has 1 aromatic heterocycles. The number of piperidine rings is 1. The van der Waals surface area contributed by atoms with Crippen molar-refractivity contribution < 1.29 is 14.3 Å². The number of ether oxygens (including phenoxy) is 1. The summed E-state index contributed by atoms with van der Waals surface area (Å²) in [5.41, 5.74) is 1.01. The summed E-state index contributed by atoms with van der Waals surface area (Å²) in [4.78, 5) is 30.2. The van der Waals surface area contributed by atoms with Crippen LogP contribution in [0.2, 0.25) is 0 Å². The van der Waals surface area contributed by atoms with Crippen molar-refractivity contribution in [1.29, 1.82) is 0 Å². The zero-order valence-corrected chi connectivity index (χ0v) is 15.4. The van der Waals surface area contributed by atoms with Crippen LogP contribution in [0, 0.1) is 5.92 Å². The molecule has 25 heavy (non-hydrogen) atoms. The normalized spacial score (nSPS) is 15.5. The van der Waals surface area contributed by atoms with Crippen LogP contribution >= 0.6 is 11.3 Å². The molecule has 134 valence electrons. The lowest BCUT2D eigenvalue weighted by molar-refractivity contribution is -0.152. The van der Waals surface area contributed by atoms with Crippen LogP contribution < -0.4 is 0 Å². The molecule has 0 spiro atoms. The highest BCUT2D eigenvalue weighted by Gasteiger charge is 2.21. The number of para-hydroxylation sites is 1. The molecular formula is C19H24N2O3S. The van der Waals surface area contributed by atoms with Gasteiger partial charge >= 0.3 is 5.97 Å². The van der Waals surface area contributed by atoms with Crippen LogP contribution in [0.15, 0.2) is 24.3 Å². The van der Waals surface area contributed by atoms with E-state index < -0.39 is 0 Å². The van der Waals surface area contributed by atoms with E-state index in [9.17, 15) is 9.59 Å². The Morgan fingerprint density at radius 1 is 1.28 bits per heavy atom. The molecule has 3 rings (SSSR count). The van der Waals surface area contributed by atoms with Gasteiger partial charge in [0, 0.05) is 19.5 Å². The van der Waals surface area contributed by atoms with Crippen molar-refractivity contribution in [2.45, 2.75) is 39.0 Å². The number of carbonyl (C=O) groups excluding carboxylic acids is 2. The monoisotopic (exact) mass is 360 g/mol. The van der Waals surface area contributed by atoms with E-state index in [-0.39, 0.29) is 18.5 Å². The summed E-state index contributed by atoms with van der Waals surface area (Å²) in [6.45, 7) is 3.62. The summed E-state index contributed by atoms with van der Waals surface area (Å²) >= 11 is 1.66. The Morgan fingerprint density at radius 2 is 2.04 bits per heavy atom. The number of hydrogen-bond donors (Lipinski definition) is 0. The SMILES string of the molecule is CC1CCN(C(=O)COC(=O)CCCc2nc3ccccc3s2)CC1. The van der Waals surface area contributed by atoms with Crippen molar-refractivity contribution in [3.8, 4) is 0 Å². The molecule has 2 heterocycles. The van der Waals surface area contributed by atoms with Gasteiger partial charge in [-0.2, -0.15) is 0 Å². The van der Waals surface area contributed by atoms with E-state index in [2.05, 4.69) is 18.0 Å². The second-order valence-electron chi connectivity index (χ2n) is 6.65. The Morgan fingerprint density at radius 3 is 2.80 bits per heavy atom. The number of likely N-dealkylation sites (tertiary alicyclic amines) is 1. The summed E-state index contributed by atoms with van der Waals surface area (Å²) in [5, 5.41) is 1.03. The van der Waals surface area contributed by atoms with E-state index in [0.29, 0.717) is 18.8 Å². The fourth-order valence-electron chi connectivity index (χ4n) is 2.97. The van der Waals surface area contributed by atoms with E-state index in [4.69, 9.17) is 4.74 Å². The third-order valence-corrected chi connectivity index (χ3v) is 5.70. The smallest absolute Gasteiger partial charge is 0.306 e. The summed E-state index contributed by atoms with van der Waals surface area (Å²) in [5.74, 6) is 0.292. The largest absolute Gasteiger partial charge is 0.456 e. The molecule has 0 saturated carbocycles. The van der Waals surface area contributed by atoms with Crippen LogP contribution in [-0.4, -0.2) is 41.5 Å². The highest BCUT2D eigenvalue weighted by Crippen LogP contribution is 2.22. The number of carbonyl (C=O) groups is 2. The van der Waals surface area contributed by atoms with Gasteiger partial charge in [-0.25, -0.2) is 4.98 Å². The number of rotatable bonds is 6. The van der Waals surface area contributed by atoms with Crippen LogP contribution in [0.3, 0.4) is 0 Å². The van der Waals surface area contributed by atoms with Gasteiger partial charge in [0.25, 0.3) is 5.91 Å². The zero-order valence-electron chi connectivity index (χ0n) is 14.6. The molecule has 0 N–H and O–H groups in total. The lowest BCUT2D eigenvalue weighted by Crippen LogP contribution is -2.40. The first-order valence-electron chi connectivity index (χ1n) is 8.89. The fraction of sp³-hybridized carbons (Fsp3) is 0.526. The van der Waals surface area contributed by atoms with Gasteiger partial charge in [0.2, 0.25) is 0 Å². The average molecular weight is 360 g/mol. The van der Waals surface area contributed by atoms with Gasteiger partial charge in [-0.05, 0) is 43.7 Å². The van der Waals surface area contributed by atoms with Crippen LogP contribution in [-0.2, 0) is 20.7 Å². The quantitative estimate of drug-likeness (QED) is 0.741. The van der Waals surface area contributed by atoms with Gasteiger partial charge in [0.1, 0.15) is 0 Å². The number of fused-ring (bicyclic) bond motifs is 1. The van der Waals surface area contributed by atoms with Crippen molar-refractivity contribution in [2.24, 2.45) is 5.92 Å². The lowest BCUT2D eigenvalue weighted by atomic mass is 9.99. The summed E-state index contributed by atoms with van der Waals surface area (Å²) in [6, 6.07) is 8.03. The van der Waals surface area contributed by atoms with Crippen molar-refractivity contribution >= 4 is 33.4 Å². The third kappa shape index (κ3) is 5.01. The molecule has 1 fully saturated rings. The van der Waals surface area contributed by atoms with E-state index in [0.717, 1.165) is 42.9 Å². The summed E-state index contributed by atoms with van der Waals surface area (Å²) < 4.78 is 6.30. The molecule has 2 aromatic rings. The molecule has 1 amide bonds. The number of nitrogens with zero attached hydrogens (tertiary/aromatic N) is 2. The summed E-state index contributed by atoms with van der Waals surface area (Å²) in [7, 11) is 0. The third-order valence-electron chi connectivity index (χ3n) is 4.60. The maximum atomic E-state index is 12.0. The van der Waals surface area contributed by atoms with Crippen molar-refractivity contribution in [3.05, 3.63) is 29.3 Å². The highest BCUT2D eigenvalue weighted by atomic mass is 32.1. The van der Waals surface area contributed by atoms with E-state index in [1.54, 1.807) is 16.2 Å². The molecule has 5 nitrogen and oxygen atoms in total. The van der Waals surface area contributed by atoms with Gasteiger partial charge in [0.05, 0.1) is 15.2 Å². The van der Waals surface area contributed by atoms with Crippen LogP contribution in [0.1, 0.15) is 37.6 Å². The van der Waals surface area contributed by atoms with E-state index in [1.807, 2.05) is 18.2 Å². The zero-order chi connectivity index (χ0) is 17.6.